The number of fused-ring (bicyclic) bond motifs is 1. The van der Waals surface area contributed by atoms with Crippen molar-refractivity contribution < 1.29 is 34.0 Å². The van der Waals surface area contributed by atoms with E-state index in [0.29, 0.717) is 43.9 Å². The summed E-state index contributed by atoms with van der Waals surface area (Å²) < 4.78 is 17.0. The molecule has 4 atom stereocenters. The van der Waals surface area contributed by atoms with Crippen molar-refractivity contribution in [3.8, 4) is 5.75 Å². The number of carbonyl (C=O) groups excluding carboxylic acids is 2. The molecule has 1 aliphatic carbocycles. The topological polar surface area (TPSA) is 109 Å². The summed E-state index contributed by atoms with van der Waals surface area (Å²) in [5, 5.41) is 19.9. The van der Waals surface area contributed by atoms with Gasteiger partial charge in [-0.25, -0.2) is 4.79 Å². The summed E-state index contributed by atoms with van der Waals surface area (Å²) in [7, 11) is 0. The van der Waals surface area contributed by atoms with Crippen LogP contribution in [0.4, 0.5) is 0 Å². The number of ether oxygens (including phenoxy) is 3. The fraction of sp³-hybridized carbons (Fsp3) is 0.615. The van der Waals surface area contributed by atoms with Gasteiger partial charge in [0.25, 0.3) is 0 Å². The minimum Gasteiger partial charge on any atom is -0.493 e. The van der Waals surface area contributed by atoms with Crippen LogP contribution in [-0.2, 0) is 14.3 Å². The Morgan fingerprint density at radius 3 is 2.51 bits per heavy atom. The third-order valence-corrected chi connectivity index (χ3v) is 7.10. The molecule has 1 aromatic carbocycles. The van der Waals surface area contributed by atoms with E-state index in [0.717, 1.165) is 32.6 Å². The van der Waals surface area contributed by atoms with Gasteiger partial charge in [-0.3, -0.25) is 9.69 Å². The first-order valence-corrected chi connectivity index (χ1v) is 12.6. The van der Waals surface area contributed by atoms with Crippen molar-refractivity contribution in [2.75, 3.05) is 52.5 Å². The van der Waals surface area contributed by atoms with Crippen molar-refractivity contribution in [3.05, 3.63) is 41.9 Å². The fourth-order valence-corrected chi connectivity index (χ4v) is 5.10. The van der Waals surface area contributed by atoms with E-state index in [9.17, 15) is 14.7 Å². The molecule has 2 heterocycles. The molecule has 192 valence electrons. The predicted molar refractivity (Wildman–Crippen MR) is 128 cm³/mol. The normalized spacial score (nSPS) is 27.5. The molecule has 9 nitrogen and oxygen atoms in total. The minimum absolute atomic E-state index is 0.114. The van der Waals surface area contributed by atoms with Gasteiger partial charge in [0.05, 0.1) is 30.8 Å². The standard InChI is InChI=1S/C26H36N2O7/c1-2-15-33-26(32)18-3-5-19(6-4-18)35-23-17-34-25-20(24(23)31)7-8-22(30)21(25)16-28-11-9-27(10-12-28)13-14-29/h3-6,17,20-22,25,29-30H,2,7-16H2,1H3. The van der Waals surface area contributed by atoms with E-state index in [1.807, 2.05) is 6.92 Å². The number of carbonyl (C=O) groups is 2. The van der Waals surface area contributed by atoms with E-state index in [4.69, 9.17) is 19.3 Å². The molecule has 1 aromatic rings. The second-order valence-corrected chi connectivity index (χ2v) is 9.49. The summed E-state index contributed by atoms with van der Waals surface area (Å²) in [6.45, 7) is 7.29. The smallest absolute Gasteiger partial charge is 0.338 e. The Kier molecular flexibility index (Phi) is 8.78. The van der Waals surface area contributed by atoms with E-state index >= 15 is 0 Å². The lowest BCUT2D eigenvalue weighted by Gasteiger charge is -2.44. The first-order valence-electron chi connectivity index (χ1n) is 12.6. The zero-order valence-corrected chi connectivity index (χ0v) is 20.3. The number of rotatable bonds is 9. The molecular weight excluding hydrogens is 452 g/mol. The Morgan fingerprint density at radius 2 is 1.83 bits per heavy atom. The quantitative estimate of drug-likeness (QED) is 0.499. The third kappa shape index (κ3) is 6.22. The lowest BCUT2D eigenvalue weighted by molar-refractivity contribution is -0.140. The highest BCUT2D eigenvalue weighted by Gasteiger charge is 2.47. The summed E-state index contributed by atoms with van der Waals surface area (Å²) in [6.07, 6.45) is 2.32. The summed E-state index contributed by atoms with van der Waals surface area (Å²) >= 11 is 0. The fourth-order valence-electron chi connectivity index (χ4n) is 5.10. The summed E-state index contributed by atoms with van der Waals surface area (Å²) in [4.78, 5) is 29.8. The maximum absolute atomic E-state index is 13.2. The second-order valence-electron chi connectivity index (χ2n) is 9.49. The zero-order chi connectivity index (χ0) is 24.8. The number of hydrogen-bond acceptors (Lipinski definition) is 9. The van der Waals surface area contributed by atoms with E-state index in [-0.39, 0.29) is 42.1 Å². The van der Waals surface area contributed by atoms with Crippen molar-refractivity contribution in [1.29, 1.82) is 0 Å². The van der Waals surface area contributed by atoms with Gasteiger partial charge in [-0.2, -0.15) is 0 Å². The Labute approximate surface area is 206 Å². The number of esters is 1. The van der Waals surface area contributed by atoms with Crippen LogP contribution in [-0.4, -0.2) is 96.5 Å². The molecule has 3 aliphatic rings. The number of piperazine rings is 1. The van der Waals surface area contributed by atoms with Crippen LogP contribution in [0.3, 0.4) is 0 Å². The van der Waals surface area contributed by atoms with E-state index in [1.165, 1.54) is 6.26 Å². The van der Waals surface area contributed by atoms with Crippen LogP contribution in [0.15, 0.2) is 36.3 Å². The van der Waals surface area contributed by atoms with Crippen molar-refractivity contribution in [2.45, 2.75) is 38.4 Å². The Bertz CT molecular complexity index is 895. The van der Waals surface area contributed by atoms with Gasteiger partial charge in [-0.1, -0.05) is 6.92 Å². The first-order chi connectivity index (χ1) is 17.0. The van der Waals surface area contributed by atoms with Gasteiger partial charge in [0, 0.05) is 45.2 Å². The maximum atomic E-state index is 13.2. The summed E-state index contributed by atoms with van der Waals surface area (Å²) in [6, 6.07) is 6.48. The first kappa shape index (κ1) is 25.6. The van der Waals surface area contributed by atoms with Gasteiger partial charge in [0.15, 0.2) is 0 Å². The molecule has 0 bridgehead atoms. The molecule has 0 amide bonds. The molecule has 2 fully saturated rings. The monoisotopic (exact) mass is 488 g/mol. The van der Waals surface area contributed by atoms with Crippen LogP contribution in [0.25, 0.3) is 0 Å². The molecule has 4 rings (SSSR count). The van der Waals surface area contributed by atoms with E-state index < -0.39 is 6.10 Å². The Balaban J connectivity index is 1.37. The molecule has 1 saturated heterocycles. The molecule has 4 unspecified atom stereocenters. The van der Waals surface area contributed by atoms with Crippen molar-refractivity contribution in [2.24, 2.45) is 11.8 Å². The number of allylic oxidation sites excluding steroid dienone is 1. The average molecular weight is 489 g/mol. The summed E-state index contributed by atoms with van der Waals surface area (Å²) in [5.74, 6) is -0.445. The van der Waals surface area contributed by atoms with Crippen LogP contribution in [0.1, 0.15) is 36.5 Å². The van der Waals surface area contributed by atoms with Crippen LogP contribution in [0.2, 0.25) is 0 Å². The number of β-amino-alcohol motifs (C(OH)–C–C–N with tert-alkyl or cyclic N) is 1. The number of aliphatic hydroxyl groups is 2. The predicted octanol–water partition coefficient (Wildman–Crippen LogP) is 1.44. The second kappa shape index (κ2) is 12.0. The number of aliphatic hydroxyl groups excluding tert-OH is 2. The molecule has 0 spiro atoms. The Hall–Kier alpha value is -2.46. The van der Waals surface area contributed by atoms with Crippen molar-refractivity contribution >= 4 is 11.8 Å². The summed E-state index contributed by atoms with van der Waals surface area (Å²) in [5.41, 5.74) is 0.423. The van der Waals surface area contributed by atoms with Gasteiger partial charge in [-0.15, -0.1) is 0 Å². The van der Waals surface area contributed by atoms with E-state index in [1.54, 1.807) is 24.3 Å². The van der Waals surface area contributed by atoms with Crippen molar-refractivity contribution in [1.82, 2.24) is 9.80 Å². The van der Waals surface area contributed by atoms with Crippen LogP contribution in [0, 0.1) is 11.8 Å². The third-order valence-electron chi connectivity index (χ3n) is 7.10. The molecule has 2 aliphatic heterocycles. The highest BCUT2D eigenvalue weighted by atomic mass is 16.5. The van der Waals surface area contributed by atoms with Crippen LogP contribution in [0.5, 0.6) is 5.75 Å². The molecule has 0 aromatic heterocycles. The largest absolute Gasteiger partial charge is 0.493 e. The number of hydrogen-bond donors (Lipinski definition) is 2. The number of nitrogens with zero attached hydrogens (tertiary/aromatic N) is 2. The lowest BCUT2D eigenvalue weighted by atomic mass is 9.73. The number of ketones is 1. The SMILES string of the molecule is CCCOC(=O)c1ccc(OC2=COC3C(CCC(O)C3CN3CCN(CCO)CC3)C2=O)cc1. The van der Waals surface area contributed by atoms with Gasteiger partial charge < -0.3 is 29.3 Å². The molecule has 2 N–H and O–H groups in total. The average Bonchev–Trinajstić information content (AvgIpc) is 2.87. The van der Waals surface area contributed by atoms with Gasteiger partial charge >= 0.3 is 5.97 Å². The lowest BCUT2D eigenvalue weighted by Crippen LogP contribution is -2.55. The highest BCUT2D eigenvalue weighted by molar-refractivity contribution is 5.96. The molecular formula is C26H36N2O7. The number of benzene rings is 1. The molecule has 0 radical (unpaired) electrons. The van der Waals surface area contributed by atoms with Crippen LogP contribution >= 0.6 is 0 Å². The number of Topliss-reactive ketones (excluding diaryl/α,β-unsaturated/α-hetero) is 1. The molecule has 35 heavy (non-hydrogen) atoms. The molecule has 9 heteroatoms. The van der Waals surface area contributed by atoms with E-state index in [2.05, 4.69) is 9.80 Å². The molecule has 1 saturated carbocycles. The Morgan fingerprint density at radius 1 is 1.11 bits per heavy atom. The van der Waals surface area contributed by atoms with Gasteiger partial charge in [0.2, 0.25) is 11.5 Å². The zero-order valence-electron chi connectivity index (χ0n) is 20.3. The van der Waals surface area contributed by atoms with Gasteiger partial charge in [0.1, 0.15) is 18.1 Å². The van der Waals surface area contributed by atoms with Gasteiger partial charge in [-0.05, 0) is 43.5 Å². The minimum atomic E-state index is -0.518. The van der Waals surface area contributed by atoms with Crippen LogP contribution < -0.4 is 4.74 Å². The van der Waals surface area contributed by atoms with Crippen molar-refractivity contribution in [3.63, 3.8) is 0 Å². The maximum Gasteiger partial charge on any atom is 0.338 e. The highest BCUT2D eigenvalue weighted by Crippen LogP contribution is 2.38.